The number of cyclic esters (lactones) is 2. The molecule has 0 atom stereocenters. The van der Waals surface area contributed by atoms with Crippen molar-refractivity contribution in [2.24, 2.45) is 0 Å². The first-order chi connectivity index (χ1) is 41.5. The Balaban J connectivity index is 0.000000519. The van der Waals surface area contributed by atoms with Gasteiger partial charge >= 0.3 is 58.9 Å². The summed E-state index contributed by atoms with van der Waals surface area (Å²) in [4.78, 5) is 111. The van der Waals surface area contributed by atoms with Gasteiger partial charge in [0, 0.05) is 11.4 Å². The summed E-state index contributed by atoms with van der Waals surface area (Å²) in [6, 6.07) is 30.8. The molecule has 87 heavy (non-hydrogen) atoms. The van der Waals surface area contributed by atoms with Crippen LogP contribution in [-0.4, -0.2) is 193 Å². The Morgan fingerprint density at radius 1 is 0.414 bits per heavy atom. The minimum Gasteiger partial charge on any atom is -0.478 e. The Labute approximate surface area is 495 Å². The molecule has 7 rings (SSSR count). The molecule has 0 radical (unpaired) electrons. The van der Waals surface area contributed by atoms with Crippen LogP contribution >= 0.6 is 0 Å². The SMILES string of the molecule is COC(=O)c1ccc(C(=O)OC)cc1.Nc1ccc(Cc2ccc(N)cc2)cc1.O=C(O)c1ccc2c(c1)C(=O)OC2=O.O=C(O)c1cccc(C(=O)O)c1.O=c1n(CCO)c(=O)n(CCO)c(=O)n1CCO.OCCO.OCCOCCOCCO. The maximum Gasteiger partial charge on any atom is 0.346 e. The zero-order valence-corrected chi connectivity index (χ0v) is 47.2. The molecule has 14 N–H and O–H groups in total. The molecule has 5 aromatic carbocycles. The van der Waals surface area contributed by atoms with E-state index < -0.39 is 78.7 Å². The molecule has 30 nitrogen and oxygen atoms in total. The molecule has 0 fully saturated rings. The Kier molecular flexibility index (Phi) is 36.4. The fraction of sp³-hybridized carbons (Fsp3) is 0.298. The van der Waals surface area contributed by atoms with Crippen LogP contribution < -0.4 is 28.5 Å². The topological polar surface area (TPSA) is 486 Å². The number of carbonyl (C=O) groups is 7. The second-order valence-electron chi connectivity index (χ2n) is 16.7. The van der Waals surface area contributed by atoms with Gasteiger partial charge in [-0.2, -0.15) is 0 Å². The standard InChI is InChI=1S/C13H14N2.C10H10O4.C9H15N3O6.C9H4O5.C8H6O4.C6H14O4.C2H6O2/c14-12-5-1-10(2-6-12)9-11-3-7-13(15)8-4-11;1-13-9(11)7-3-5-8(6-4-7)10(12)14-2;13-4-1-10-7(16)11(2-5-14)9(18)12(3-6-15)8(10)17;10-7(11)4-1-2-5-6(3-4)9(13)14-8(5)12;9-7(10)5-2-1-3-6(4-5)8(11)12;7-1-3-9-5-6-10-4-2-8;3-1-2-4/h1-8H,9,14-15H2;3-6H,1-2H3;13-15H,1-6H2;1-3H,(H,10,11);1-4H,(H,9,10)(H,11,12);7-8H,1-6H2;3-4H,1-2H2. The number of methoxy groups -OCH3 is 2. The van der Waals surface area contributed by atoms with Gasteiger partial charge in [0.15, 0.2) is 0 Å². The zero-order valence-electron chi connectivity index (χ0n) is 47.2. The van der Waals surface area contributed by atoms with Crippen LogP contribution in [0.15, 0.2) is 130 Å². The first-order valence-electron chi connectivity index (χ1n) is 25.6. The van der Waals surface area contributed by atoms with Crippen molar-refractivity contribution in [3.63, 3.8) is 0 Å². The van der Waals surface area contributed by atoms with Crippen LogP contribution in [0.5, 0.6) is 0 Å². The lowest BCUT2D eigenvalue weighted by molar-refractivity contribution is 0.0222. The quantitative estimate of drug-likeness (QED) is 0.0143. The number of rotatable bonds is 21. The van der Waals surface area contributed by atoms with Gasteiger partial charge in [-0.05, 0) is 102 Å². The van der Waals surface area contributed by atoms with Crippen molar-refractivity contribution >= 4 is 53.2 Å². The van der Waals surface area contributed by atoms with Crippen LogP contribution in [-0.2, 0) is 49.7 Å². The van der Waals surface area contributed by atoms with E-state index in [0.717, 1.165) is 29.9 Å². The number of hydrogen-bond donors (Lipinski definition) is 12. The largest absolute Gasteiger partial charge is 0.478 e. The van der Waals surface area contributed by atoms with Gasteiger partial charge in [0.05, 0.1) is 145 Å². The number of esters is 4. The number of carboxylic acids is 3. The summed E-state index contributed by atoms with van der Waals surface area (Å²) < 4.78 is 25.1. The van der Waals surface area contributed by atoms with E-state index >= 15 is 0 Å². The van der Waals surface area contributed by atoms with Crippen LogP contribution in [0.2, 0.25) is 0 Å². The molecule has 1 aliphatic rings. The van der Waals surface area contributed by atoms with E-state index in [0.29, 0.717) is 51.3 Å². The molecule has 0 amide bonds. The molecular formula is C57H69N5O25. The highest BCUT2D eigenvalue weighted by Gasteiger charge is 2.30. The average Bonchev–Trinajstić information content (AvgIpc) is 2.05. The molecule has 0 unspecified atom stereocenters. The summed E-state index contributed by atoms with van der Waals surface area (Å²) in [5.74, 6) is -5.80. The van der Waals surface area contributed by atoms with E-state index in [1.807, 2.05) is 48.5 Å². The minimum absolute atomic E-state index is 0.00917. The number of ether oxygens (including phenoxy) is 5. The van der Waals surface area contributed by atoms with E-state index in [2.05, 4.69) is 14.2 Å². The summed E-state index contributed by atoms with van der Waals surface area (Å²) in [6.45, 7) is -0.604. The van der Waals surface area contributed by atoms with E-state index in [9.17, 15) is 47.9 Å². The number of aromatic carboxylic acids is 3. The number of nitrogen functional groups attached to an aromatic ring is 2. The number of aliphatic hydroxyl groups excluding tert-OH is 7. The van der Waals surface area contributed by atoms with Gasteiger partial charge in [0.2, 0.25) is 0 Å². The molecule has 472 valence electrons. The Bertz CT molecular complexity index is 3080. The lowest BCUT2D eigenvalue weighted by atomic mass is 10.0. The van der Waals surface area contributed by atoms with Crippen LogP contribution in [0, 0.1) is 0 Å². The van der Waals surface area contributed by atoms with Gasteiger partial charge in [-0.15, -0.1) is 0 Å². The van der Waals surface area contributed by atoms with Crippen molar-refractivity contribution in [1.82, 2.24) is 13.7 Å². The first-order valence-corrected chi connectivity index (χ1v) is 25.6. The third kappa shape index (κ3) is 27.2. The van der Waals surface area contributed by atoms with Crippen LogP contribution in [0.4, 0.5) is 11.4 Å². The molecule has 0 saturated carbocycles. The minimum atomic E-state index is -1.15. The Hall–Kier alpha value is -9.76. The summed E-state index contributed by atoms with van der Waals surface area (Å²) in [5, 5.41) is 83.8. The molecule has 0 spiro atoms. The number of carboxylic acid groups (broad SMARTS) is 3. The molecule has 0 saturated heterocycles. The van der Waals surface area contributed by atoms with Gasteiger partial charge in [0.1, 0.15) is 0 Å². The van der Waals surface area contributed by atoms with Crippen molar-refractivity contribution in [2.45, 2.75) is 26.1 Å². The summed E-state index contributed by atoms with van der Waals surface area (Å²) in [5.41, 5.74) is 13.5. The van der Waals surface area contributed by atoms with E-state index in [4.69, 9.17) is 72.0 Å². The van der Waals surface area contributed by atoms with Crippen molar-refractivity contribution < 1.29 is 108 Å². The van der Waals surface area contributed by atoms with Crippen molar-refractivity contribution in [1.29, 1.82) is 0 Å². The number of aliphatic hydroxyl groups is 7. The van der Waals surface area contributed by atoms with Crippen LogP contribution in [0.3, 0.4) is 0 Å². The second kappa shape index (κ2) is 42.1. The molecule has 0 aliphatic carbocycles. The summed E-state index contributed by atoms with van der Waals surface area (Å²) >= 11 is 0. The number of hydrogen-bond acceptors (Lipinski definition) is 24. The van der Waals surface area contributed by atoms with E-state index in [1.54, 1.807) is 0 Å². The van der Waals surface area contributed by atoms with Crippen molar-refractivity contribution in [2.75, 3.05) is 98.4 Å². The average molecular weight is 1220 g/mol. The number of aromatic nitrogens is 3. The highest BCUT2D eigenvalue weighted by molar-refractivity contribution is 6.15. The smallest absolute Gasteiger partial charge is 0.346 e. The zero-order chi connectivity index (χ0) is 65.4. The van der Waals surface area contributed by atoms with Gasteiger partial charge in [0.25, 0.3) is 0 Å². The third-order valence-electron chi connectivity index (χ3n) is 10.6. The second-order valence-corrected chi connectivity index (χ2v) is 16.7. The fourth-order valence-electron chi connectivity index (χ4n) is 6.50. The van der Waals surface area contributed by atoms with Crippen molar-refractivity contribution in [3.8, 4) is 0 Å². The monoisotopic (exact) mass is 1220 g/mol. The molecule has 2 heterocycles. The van der Waals surface area contributed by atoms with Gasteiger partial charge in [-0.25, -0.2) is 61.6 Å². The Morgan fingerprint density at radius 3 is 1.06 bits per heavy atom. The Morgan fingerprint density at radius 2 is 0.747 bits per heavy atom. The summed E-state index contributed by atoms with van der Waals surface area (Å²) in [6.07, 6.45) is 0.917. The lowest BCUT2D eigenvalue weighted by Gasteiger charge is -2.11. The molecular weight excluding hydrogens is 1150 g/mol. The predicted octanol–water partition coefficient (Wildman–Crippen LogP) is -0.396. The summed E-state index contributed by atoms with van der Waals surface area (Å²) in [7, 11) is 2.60. The molecule has 0 bridgehead atoms. The van der Waals surface area contributed by atoms with Gasteiger partial charge < -0.3 is 86.2 Å². The normalized spacial score (nSPS) is 10.5. The highest BCUT2D eigenvalue weighted by Crippen LogP contribution is 2.21. The van der Waals surface area contributed by atoms with Crippen LogP contribution in [0.1, 0.15) is 83.6 Å². The number of nitrogens with two attached hydrogens (primary N) is 2. The molecule has 30 heteroatoms. The highest BCUT2D eigenvalue weighted by atomic mass is 16.6. The maximum atomic E-state index is 11.8. The maximum absolute atomic E-state index is 11.8. The third-order valence-corrected chi connectivity index (χ3v) is 10.6. The number of fused-ring (bicyclic) bond motifs is 1. The number of nitrogens with zero attached hydrogens (tertiary/aromatic N) is 3. The fourth-order valence-corrected chi connectivity index (χ4v) is 6.50. The first kappa shape index (κ1) is 75.3. The van der Waals surface area contributed by atoms with Crippen molar-refractivity contribution in [3.05, 3.63) is 197 Å². The molecule has 6 aromatic rings. The predicted molar refractivity (Wildman–Crippen MR) is 308 cm³/mol. The molecule has 1 aliphatic heterocycles. The van der Waals surface area contributed by atoms with E-state index in [1.165, 1.54) is 79.9 Å². The van der Waals surface area contributed by atoms with Gasteiger partial charge in [-0.1, -0.05) is 30.3 Å². The number of carbonyl (C=O) groups excluding carboxylic acids is 4. The van der Waals surface area contributed by atoms with E-state index in [-0.39, 0.29) is 73.9 Å². The van der Waals surface area contributed by atoms with Gasteiger partial charge in [-0.3, -0.25) is 0 Å². The lowest BCUT2D eigenvalue weighted by Crippen LogP contribution is -2.55. The van der Waals surface area contributed by atoms with Crippen LogP contribution in [0.25, 0.3) is 0 Å². The molecule has 1 aromatic heterocycles. The number of benzene rings is 5. The number of anilines is 2.